The lowest BCUT2D eigenvalue weighted by Crippen LogP contribution is -2.41. The van der Waals surface area contributed by atoms with E-state index in [1.165, 1.54) is 10.4 Å². The molecule has 6 nitrogen and oxygen atoms in total. The van der Waals surface area contributed by atoms with Crippen molar-refractivity contribution < 1.29 is 18.0 Å². The first-order valence-corrected chi connectivity index (χ1v) is 14.1. The van der Waals surface area contributed by atoms with Gasteiger partial charge in [0.2, 0.25) is 5.91 Å². The predicted octanol–water partition coefficient (Wildman–Crippen LogP) is 6.09. The van der Waals surface area contributed by atoms with Crippen LogP contribution in [-0.4, -0.2) is 37.5 Å². The molecule has 0 atom stereocenters. The summed E-state index contributed by atoms with van der Waals surface area (Å²) >= 11 is 16.5. The van der Waals surface area contributed by atoms with Crippen LogP contribution in [-0.2, 0) is 14.8 Å². The predicted molar refractivity (Wildman–Crippen MR) is 138 cm³/mol. The highest BCUT2D eigenvalue weighted by Gasteiger charge is 2.33. The fourth-order valence-electron chi connectivity index (χ4n) is 3.76. The molecule has 1 saturated heterocycles. The summed E-state index contributed by atoms with van der Waals surface area (Å²) in [6.07, 6.45) is 0.739. The van der Waals surface area contributed by atoms with Gasteiger partial charge in [-0.2, -0.15) is 4.31 Å². The number of hydrogen-bond acceptors (Lipinski definition) is 5. The smallest absolute Gasteiger partial charge is 0.252 e. The molecule has 0 unspecified atom stereocenters. The van der Waals surface area contributed by atoms with Gasteiger partial charge in [-0.3, -0.25) is 9.59 Å². The maximum Gasteiger partial charge on any atom is 0.252 e. The van der Waals surface area contributed by atoms with Crippen LogP contribution in [0.5, 0.6) is 0 Å². The number of piperidine rings is 1. The zero-order chi connectivity index (χ0) is 24.5. The van der Waals surface area contributed by atoms with Crippen LogP contribution in [0.15, 0.2) is 63.3 Å². The van der Waals surface area contributed by atoms with E-state index in [-0.39, 0.29) is 34.9 Å². The Balaban J connectivity index is 1.47. The average molecular weight is 602 g/mol. The van der Waals surface area contributed by atoms with E-state index in [1.807, 2.05) is 0 Å². The second-order valence-electron chi connectivity index (χ2n) is 7.73. The molecule has 0 aliphatic carbocycles. The number of carbonyl (C=O) groups excluding carboxylic acids is 2. The molecule has 0 spiro atoms. The Morgan fingerprint density at radius 2 is 1.71 bits per heavy atom. The summed E-state index contributed by atoms with van der Waals surface area (Å²) in [5.74, 6) is -0.949. The van der Waals surface area contributed by atoms with Crippen LogP contribution in [0.25, 0.3) is 0 Å². The van der Waals surface area contributed by atoms with Crippen LogP contribution in [0.1, 0.15) is 28.8 Å². The molecule has 11 heteroatoms. The quantitative estimate of drug-likeness (QED) is 0.347. The molecule has 3 aromatic rings. The van der Waals surface area contributed by atoms with Crippen LogP contribution >= 0.6 is 50.5 Å². The zero-order valence-electron chi connectivity index (χ0n) is 17.6. The average Bonchev–Trinajstić information content (AvgIpc) is 3.27. The van der Waals surface area contributed by atoms with E-state index in [4.69, 9.17) is 23.2 Å². The number of sulfonamides is 1. The number of amides is 1. The SMILES string of the molecule is O=C(c1ccccc1Cl)c1cc(Br)ccc1NC(=O)C1CCN(S(=O)(=O)c2ccc(Cl)s2)CC1. The van der Waals surface area contributed by atoms with Crippen LogP contribution in [0.3, 0.4) is 0 Å². The summed E-state index contributed by atoms with van der Waals surface area (Å²) in [5, 5.41) is 3.18. The number of rotatable bonds is 6. The van der Waals surface area contributed by atoms with Crippen molar-refractivity contribution in [3.8, 4) is 0 Å². The van der Waals surface area contributed by atoms with Crippen molar-refractivity contribution >= 4 is 77.9 Å². The van der Waals surface area contributed by atoms with Crippen molar-refractivity contribution in [3.05, 3.63) is 79.6 Å². The highest BCUT2D eigenvalue weighted by atomic mass is 79.9. The Kier molecular flexibility index (Phi) is 7.81. The van der Waals surface area contributed by atoms with Crippen molar-refractivity contribution in [1.29, 1.82) is 0 Å². The van der Waals surface area contributed by atoms with Crippen molar-refractivity contribution in [2.75, 3.05) is 18.4 Å². The van der Waals surface area contributed by atoms with Gasteiger partial charge in [-0.05, 0) is 55.3 Å². The van der Waals surface area contributed by atoms with Gasteiger partial charge in [0, 0.05) is 34.6 Å². The summed E-state index contributed by atoms with van der Waals surface area (Å²) < 4.78 is 28.3. The van der Waals surface area contributed by atoms with Gasteiger partial charge in [-0.15, -0.1) is 11.3 Å². The highest BCUT2D eigenvalue weighted by Crippen LogP contribution is 2.32. The second kappa shape index (κ2) is 10.5. The number of anilines is 1. The van der Waals surface area contributed by atoms with Crippen molar-refractivity contribution in [2.45, 2.75) is 17.1 Å². The number of carbonyl (C=O) groups is 2. The molecule has 2 aromatic carbocycles. The molecular formula is C23H19BrCl2N2O4S2. The molecule has 1 fully saturated rings. The molecule has 1 N–H and O–H groups in total. The molecule has 4 rings (SSSR count). The minimum atomic E-state index is -3.63. The van der Waals surface area contributed by atoms with E-state index in [0.29, 0.717) is 43.5 Å². The van der Waals surface area contributed by atoms with E-state index < -0.39 is 10.0 Å². The van der Waals surface area contributed by atoms with Crippen LogP contribution in [0.4, 0.5) is 5.69 Å². The third-order valence-corrected chi connectivity index (χ3v) is 9.99. The van der Waals surface area contributed by atoms with Gasteiger partial charge >= 0.3 is 0 Å². The fourth-order valence-corrected chi connectivity index (χ4v) is 7.45. The molecule has 2 heterocycles. The number of halogens is 3. The molecule has 1 aliphatic heterocycles. The normalized spacial score (nSPS) is 15.3. The molecular weight excluding hydrogens is 583 g/mol. The lowest BCUT2D eigenvalue weighted by molar-refractivity contribution is -0.120. The molecule has 0 bridgehead atoms. The summed E-state index contributed by atoms with van der Waals surface area (Å²) in [6, 6.07) is 14.8. The molecule has 0 saturated carbocycles. The lowest BCUT2D eigenvalue weighted by Gasteiger charge is -2.30. The Bertz CT molecular complexity index is 1350. The van der Waals surface area contributed by atoms with Gasteiger partial charge < -0.3 is 5.32 Å². The minimum absolute atomic E-state index is 0.193. The highest BCUT2D eigenvalue weighted by molar-refractivity contribution is 9.10. The lowest BCUT2D eigenvalue weighted by atomic mass is 9.96. The van der Waals surface area contributed by atoms with Crippen LogP contribution in [0, 0.1) is 5.92 Å². The minimum Gasteiger partial charge on any atom is -0.325 e. The van der Waals surface area contributed by atoms with Crippen LogP contribution in [0.2, 0.25) is 9.36 Å². The number of ketones is 1. The monoisotopic (exact) mass is 600 g/mol. The molecule has 1 aromatic heterocycles. The Labute approximate surface area is 220 Å². The number of benzene rings is 2. The third kappa shape index (κ3) is 5.40. The van der Waals surface area contributed by atoms with E-state index in [2.05, 4.69) is 21.2 Å². The maximum absolute atomic E-state index is 13.1. The first kappa shape index (κ1) is 25.3. The summed E-state index contributed by atoms with van der Waals surface area (Å²) in [7, 11) is -3.63. The van der Waals surface area contributed by atoms with Gasteiger partial charge in [0.25, 0.3) is 10.0 Å². The summed E-state index contributed by atoms with van der Waals surface area (Å²) in [4.78, 5) is 26.2. The second-order valence-corrected chi connectivity index (χ2v) is 12.9. The zero-order valence-corrected chi connectivity index (χ0v) is 22.4. The van der Waals surface area contributed by atoms with Crippen molar-refractivity contribution in [3.63, 3.8) is 0 Å². The first-order valence-electron chi connectivity index (χ1n) is 10.3. The third-order valence-electron chi connectivity index (χ3n) is 5.57. The van der Waals surface area contributed by atoms with Crippen LogP contribution < -0.4 is 5.32 Å². The maximum atomic E-state index is 13.1. The number of nitrogens with zero attached hydrogens (tertiary/aromatic N) is 1. The van der Waals surface area contributed by atoms with E-state index in [9.17, 15) is 18.0 Å². The standard InChI is InChI=1S/C23H19BrCl2N2O4S2/c24-15-5-6-19(17(13-15)22(29)16-3-1-2-4-18(16)25)27-23(30)14-9-11-28(12-10-14)34(31,32)21-8-7-20(26)33-21/h1-8,13-14H,9-12H2,(H,27,30). The summed E-state index contributed by atoms with van der Waals surface area (Å²) in [5.41, 5.74) is 1.02. The Morgan fingerprint density at radius 3 is 2.35 bits per heavy atom. The summed E-state index contributed by atoms with van der Waals surface area (Å²) in [6.45, 7) is 0.448. The Morgan fingerprint density at radius 1 is 1.00 bits per heavy atom. The number of hydrogen-bond donors (Lipinski definition) is 1. The van der Waals surface area contributed by atoms with Gasteiger partial charge in [-0.25, -0.2) is 8.42 Å². The largest absolute Gasteiger partial charge is 0.325 e. The molecule has 1 aliphatic rings. The van der Waals surface area contributed by atoms with E-state index in [1.54, 1.807) is 48.5 Å². The molecule has 0 radical (unpaired) electrons. The van der Waals surface area contributed by atoms with Gasteiger partial charge in [0.1, 0.15) is 4.21 Å². The van der Waals surface area contributed by atoms with Gasteiger partial charge in [0.15, 0.2) is 5.78 Å². The topological polar surface area (TPSA) is 83.6 Å². The van der Waals surface area contributed by atoms with Gasteiger partial charge in [-0.1, -0.05) is 51.3 Å². The van der Waals surface area contributed by atoms with Crippen molar-refractivity contribution in [1.82, 2.24) is 4.31 Å². The van der Waals surface area contributed by atoms with Crippen molar-refractivity contribution in [2.24, 2.45) is 5.92 Å². The van der Waals surface area contributed by atoms with E-state index >= 15 is 0 Å². The number of nitrogens with one attached hydrogen (secondary N) is 1. The molecule has 1 amide bonds. The molecule has 178 valence electrons. The number of thiophene rings is 1. The Hall–Kier alpha value is -1.75. The molecule has 34 heavy (non-hydrogen) atoms. The van der Waals surface area contributed by atoms with Gasteiger partial charge in [0.05, 0.1) is 15.0 Å². The first-order chi connectivity index (χ1) is 16.2. The fraction of sp³-hybridized carbons (Fsp3) is 0.217. The van der Waals surface area contributed by atoms with E-state index in [0.717, 1.165) is 11.3 Å².